The summed E-state index contributed by atoms with van der Waals surface area (Å²) in [6.45, 7) is 4.52. The van der Waals surface area contributed by atoms with E-state index in [1.54, 1.807) is 0 Å². The first-order valence-corrected chi connectivity index (χ1v) is 10.2. The Balaban J connectivity index is 0.000000408. The average molecular weight is 417 g/mol. The fourth-order valence-corrected chi connectivity index (χ4v) is 4.00. The van der Waals surface area contributed by atoms with E-state index in [4.69, 9.17) is 0 Å². The van der Waals surface area contributed by atoms with Gasteiger partial charge in [0.2, 0.25) is 0 Å². The fraction of sp³-hybridized carbons (Fsp3) is 0.360. The Morgan fingerprint density at radius 2 is 1.86 bits per heavy atom. The second kappa shape index (κ2) is 11.9. The third kappa shape index (κ3) is 6.38. The van der Waals surface area contributed by atoms with Crippen LogP contribution in [-0.2, 0) is 36.3 Å². The van der Waals surface area contributed by atoms with Gasteiger partial charge in [-0.15, -0.1) is 0 Å². The molecule has 0 radical (unpaired) electrons. The molecular formula is C25H31FeNO. The van der Waals surface area contributed by atoms with E-state index < -0.39 is 0 Å². The SMILES string of the molecule is CCCN(CCc1ccc[cH-]1)C1CCc2cccc(O)c2C1.[Fe+2].c1cc[cH-]c1. The Bertz CT molecular complexity index is 747. The molecule has 0 aliphatic heterocycles. The van der Waals surface area contributed by atoms with Crippen LogP contribution < -0.4 is 0 Å². The van der Waals surface area contributed by atoms with Gasteiger partial charge < -0.3 is 5.11 Å². The first-order valence-electron chi connectivity index (χ1n) is 10.2. The topological polar surface area (TPSA) is 23.5 Å². The number of phenols is 1. The van der Waals surface area contributed by atoms with Crippen LogP contribution in [0.25, 0.3) is 0 Å². The van der Waals surface area contributed by atoms with Crippen LogP contribution in [0.1, 0.15) is 36.5 Å². The van der Waals surface area contributed by atoms with Crippen LogP contribution in [0.15, 0.2) is 72.8 Å². The number of benzene rings is 1. The summed E-state index contributed by atoms with van der Waals surface area (Å²) in [6, 6.07) is 25.2. The van der Waals surface area contributed by atoms with Crippen molar-refractivity contribution in [1.82, 2.24) is 4.90 Å². The van der Waals surface area contributed by atoms with Crippen LogP contribution >= 0.6 is 0 Å². The summed E-state index contributed by atoms with van der Waals surface area (Å²) in [4.78, 5) is 2.63. The molecule has 150 valence electrons. The van der Waals surface area contributed by atoms with E-state index in [1.165, 1.54) is 29.5 Å². The number of aryl methyl sites for hydroxylation is 1. The molecule has 1 aliphatic carbocycles. The van der Waals surface area contributed by atoms with Gasteiger partial charge in [-0.25, -0.2) is 24.3 Å². The third-order valence-electron chi connectivity index (χ3n) is 5.44. The molecule has 0 saturated heterocycles. The first-order chi connectivity index (χ1) is 13.3. The van der Waals surface area contributed by atoms with E-state index in [-0.39, 0.29) is 17.1 Å². The average Bonchev–Trinajstić information content (AvgIpc) is 3.42. The molecule has 0 bridgehead atoms. The van der Waals surface area contributed by atoms with Crippen LogP contribution in [-0.4, -0.2) is 29.1 Å². The molecule has 28 heavy (non-hydrogen) atoms. The predicted octanol–water partition coefficient (Wildman–Crippen LogP) is 5.33. The van der Waals surface area contributed by atoms with Gasteiger partial charge in [-0.05, 0) is 55.8 Å². The van der Waals surface area contributed by atoms with Crippen molar-refractivity contribution < 1.29 is 22.2 Å². The maximum atomic E-state index is 10.1. The number of hydrogen-bond donors (Lipinski definition) is 1. The normalized spacial score (nSPS) is 15.3. The van der Waals surface area contributed by atoms with Crippen molar-refractivity contribution in [3.8, 4) is 5.75 Å². The van der Waals surface area contributed by atoms with E-state index in [0.29, 0.717) is 11.8 Å². The van der Waals surface area contributed by atoms with Crippen molar-refractivity contribution in [2.24, 2.45) is 0 Å². The maximum Gasteiger partial charge on any atom is 2.00 e. The summed E-state index contributed by atoms with van der Waals surface area (Å²) in [5.74, 6) is 0.481. The van der Waals surface area contributed by atoms with Crippen molar-refractivity contribution >= 4 is 0 Å². The molecule has 2 nitrogen and oxygen atoms in total. The summed E-state index contributed by atoms with van der Waals surface area (Å²) in [5.41, 5.74) is 3.94. The van der Waals surface area contributed by atoms with Crippen molar-refractivity contribution in [2.45, 2.75) is 45.1 Å². The van der Waals surface area contributed by atoms with Gasteiger partial charge in [0.1, 0.15) is 5.75 Å². The standard InChI is InChI=1S/C20H26NO.C5H5.Fe/c1-2-13-21(14-12-16-6-3-4-7-16)18-11-10-17-8-5-9-20(22)19(17)15-18;1-2-4-5-3-1;/h3-9,18,22H,2,10-15H2,1H3;1-5H;/q2*-1;+2. The van der Waals surface area contributed by atoms with Gasteiger partial charge in [0.15, 0.2) is 0 Å². The van der Waals surface area contributed by atoms with Gasteiger partial charge in [-0.2, -0.15) is 35.9 Å². The van der Waals surface area contributed by atoms with Crippen LogP contribution in [0.2, 0.25) is 0 Å². The van der Waals surface area contributed by atoms with E-state index in [1.807, 2.05) is 42.5 Å². The number of phenolic OH excluding ortho intramolecular Hbond substituents is 1. The summed E-state index contributed by atoms with van der Waals surface area (Å²) < 4.78 is 0. The summed E-state index contributed by atoms with van der Waals surface area (Å²) >= 11 is 0. The molecule has 3 heteroatoms. The Labute approximate surface area is 180 Å². The van der Waals surface area contributed by atoms with Gasteiger partial charge in [0, 0.05) is 12.6 Å². The van der Waals surface area contributed by atoms with E-state index in [9.17, 15) is 5.11 Å². The van der Waals surface area contributed by atoms with Crippen molar-refractivity contribution in [3.63, 3.8) is 0 Å². The molecule has 0 heterocycles. The minimum absolute atomic E-state index is 0. The van der Waals surface area contributed by atoms with Gasteiger partial charge in [-0.1, -0.05) is 19.1 Å². The summed E-state index contributed by atoms with van der Waals surface area (Å²) in [7, 11) is 0. The first kappa shape index (κ1) is 22.5. The Morgan fingerprint density at radius 3 is 2.50 bits per heavy atom. The molecule has 0 amide bonds. The molecule has 1 aliphatic rings. The number of fused-ring (bicyclic) bond motifs is 1. The fourth-order valence-electron chi connectivity index (χ4n) is 4.00. The zero-order valence-corrected chi connectivity index (χ0v) is 17.8. The second-order valence-electron chi connectivity index (χ2n) is 7.35. The molecule has 1 N–H and O–H groups in total. The smallest absolute Gasteiger partial charge is 0.508 e. The molecule has 0 saturated carbocycles. The van der Waals surface area contributed by atoms with Crippen molar-refractivity contribution in [3.05, 3.63) is 89.5 Å². The molecule has 3 aromatic carbocycles. The van der Waals surface area contributed by atoms with Crippen LogP contribution in [0, 0.1) is 0 Å². The van der Waals surface area contributed by atoms with E-state index in [0.717, 1.165) is 32.4 Å². The van der Waals surface area contributed by atoms with Crippen LogP contribution in [0.5, 0.6) is 5.75 Å². The zero-order valence-electron chi connectivity index (χ0n) is 16.7. The predicted molar refractivity (Wildman–Crippen MR) is 114 cm³/mol. The second-order valence-corrected chi connectivity index (χ2v) is 7.35. The van der Waals surface area contributed by atoms with Crippen LogP contribution in [0.4, 0.5) is 0 Å². The van der Waals surface area contributed by atoms with Crippen molar-refractivity contribution in [2.75, 3.05) is 13.1 Å². The zero-order chi connectivity index (χ0) is 18.9. The number of nitrogens with zero attached hydrogens (tertiary/aromatic N) is 1. The minimum atomic E-state index is 0. The minimum Gasteiger partial charge on any atom is -0.508 e. The van der Waals surface area contributed by atoms with E-state index >= 15 is 0 Å². The summed E-state index contributed by atoms with van der Waals surface area (Å²) in [6.07, 6.45) is 5.59. The van der Waals surface area contributed by atoms with Gasteiger partial charge >= 0.3 is 17.1 Å². The van der Waals surface area contributed by atoms with Crippen LogP contribution in [0.3, 0.4) is 0 Å². The molecule has 0 aromatic heterocycles. The third-order valence-corrected chi connectivity index (χ3v) is 5.44. The van der Waals surface area contributed by atoms with Gasteiger partial charge in [-0.3, -0.25) is 4.90 Å². The molecule has 3 aromatic rings. The number of rotatable bonds is 6. The number of hydrogen-bond acceptors (Lipinski definition) is 2. The quantitative estimate of drug-likeness (QED) is 0.433. The summed E-state index contributed by atoms with van der Waals surface area (Å²) in [5, 5.41) is 10.1. The molecule has 1 atom stereocenters. The molecule has 0 spiro atoms. The molecule has 4 rings (SSSR count). The Morgan fingerprint density at radius 1 is 1.04 bits per heavy atom. The van der Waals surface area contributed by atoms with Crippen molar-refractivity contribution in [1.29, 1.82) is 0 Å². The number of aromatic hydroxyl groups is 1. The Kier molecular flexibility index (Phi) is 9.57. The monoisotopic (exact) mass is 417 g/mol. The molecule has 1 unspecified atom stereocenters. The maximum absolute atomic E-state index is 10.1. The van der Waals surface area contributed by atoms with Gasteiger partial charge in [0.25, 0.3) is 0 Å². The molecular weight excluding hydrogens is 386 g/mol. The Hall–Kier alpha value is -1.80. The van der Waals surface area contributed by atoms with E-state index in [2.05, 4.69) is 42.2 Å². The molecule has 0 fully saturated rings. The van der Waals surface area contributed by atoms with Gasteiger partial charge in [0.05, 0.1) is 0 Å². The largest absolute Gasteiger partial charge is 2.00 e.